The summed E-state index contributed by atoms with van der Waals surface area (Å²) in [6.45, 7) is 3.09. The zero-order valence-corrected chi connectivity index (χ0v) is 14.8. The van der Waals surface area contributed by atoms with Gasteiger partial charge >= 0.3 is 0 Å². The van der Waals surface area contributed by atoms with Gasteiger partial charge in [0.25, 0.3) is 0 Å². The van der Waals surface area contributed by atoms with Gasteiger partial charge in [-0.3, -0.25) is 0 Å². The van der Waals surface area contributed by atoms with Crippen LogP contribution >= 0.6 is 0 Å². The van der Waals surface area contributed by atoms with Gasteiger partial charge in [0, 0.05) is 19.4 Å². The first-order valence-electron chi connectivity index (χ1n) is 8.57. The van der Waals surface area contributed by atoms with Gasteiger partial charge in [-0.25, -0.2) is 13.1 Å². The van der Waals surface area contributed by atoms with Gasteiger partial charge in [0.05, 0.1) is 24.2 Å². The van der Waals surface area contributed by atoms with Crippen molar-refractivity contribution in [1.29, 1.82) is 0 Å². The standard InChI is InChI=1S/C17H25NO5S/c1-2-21-14-6-8-16(9-7-14)24(19,20)18-12-15-13-22-17(23-15)10-4-3-5-11-17/h6-9,15,18H,2-5,10-13H2,1H3/t15-/m0/s1. The lowest BCUT2D eigenvalue weighted by Crippen LogP contribution is -2.37. The van der Waals surface area contributed by atoms with Crippen molar-refractivity contribution in [3.8, 4) is 5.75 Å². The minimum absolute atomic E-state index is 0.220. The maximum absolute atomic E-state index is 12.4. The lowest BCUT2D eigenvalue weighted by Gasteiger charge is -2.31. The van der Waals surface area contributed by atoms with Crippen LogP contribution in [0.2, 0.25) is 0 Å². The molecule has 0 aromatic heterocycles. The summed E-state index contributed by atoms with van der Waals surface area (Å²) >= 11 is 0. The van der Waals surface area contributed by atoms with Gasteiger partial charge in [-0.05, 0) is 44.0 Å². The van der Waals surface area contributed by atoms with Gasteiger partial charge in [0.2, 0.25) is 10.0 Å². The molecule has 0 radical (unpaired) electrons. The Hall–Kier alpha value is -1.15. The molecular formula is C17H25NO5S. The average molecular weight is 355 g/mol. The Bertz CT molecular complexity index is 637. The molecule has 1 atom stereocenters. The van der Waals surface area contributed by atoms with Crippen LogP contribution in [0.1, 0.15) is 39.0 Å². The summed E-state index contributed by atoms with van der Waals surface area (Å²) in [4.78, 5) is 0.220. The zero-order valence-electron chi connectivity index (χ0n) is 14.0. The Balaban J connectivity index is 1.55. The second-order valence-electron chi connectivity index (χ2n) is 6.28. The Morgan fingerprint density at radius 2 is 1.92 bits per heavy atom. The predicted molar refractivity (Wildman–Crippen MR) is 89.4 cm³/mol. The van der Waals surface area contributed by atoms with E-state index in [9.17, 15) is 8.42 Å². The third-order valence-electron chi connectivity index (χ3n) is 4.48. The van der Waals surface area contributed by atoms with E-state index >= 15 is 0 Å². The minimum Gasteiger partial charge on any atom is -0.494 e. The van der Waals surface area contributed by atoms with Gasteiger partial charge < -0.3 is 14.2 Å². The van der Waals surface area contributed by atoms with Crippen molar-refractivity contribution >= 4 is 10.0 Å². The zero-order chi connectivity index (χ0) is 17.0. The molecule has 0 bridgehead atoms. The first-order chi connectivity index (χ1) is 11.5. The third kappa shape index (κ3) is 4.08. The Labute approximate surface area is 143 Å². The normalized spacial score (nSPS) is 23.5. The smallest absolute Gasteiger partial charge is 0.240 e. The summed E-state index contributed by atoms with van der Waals surface area (Å²) in [5.41, 5.74) is 0. The van der Waals surface area contributed by atoms with E-state index in [1.165, 1.54) is 6.42 Å². The van der Waals surface area contributed by atoms with Crippen LogP contribution in [0.25, 0.3) is 0 Å². The number of sulfonamides is 1. The summed E-state index contributed by atoms with van der Waals surface area (Å²) in [6, 6.07) is 6.40. The molecule has 1 spiro atoms. The summed E-state index contributed by atoms with van der Waals surface area (Å²) < 4.78 is 44.5. The van der Waals surface area contributed by atoms with Crippen LogP contribution in [0.5, 0.6) is 5.75 Å². The maximum Gasteiger partial charge on any atom is 0.240 e. The van der Waals surface area contributed by atoms with Crippen molar-refractivity contribution in [2.24, 2.45) is 0 Å². The van der Waals surface area contributed by atoms with E-state index in [0.717, 1.165) is 25.7 Å². The molecule has 2 aliphatic rings. The quantitative estimate of drug-likeness (QED) is 0.848. The van der Waals surface area contributed by atoms with Gasteiger partial charge in [0.15, 0.2) is 5.79 Å². The SMILES string of the molecule is CCOc1ccc(S(=O)(=O)NC[C@H]2COC3(CCCCC3)O2)cc1. The Morgan fingerprint density at radius 1 is 1.21 bits per heavy atom. The molecule has 1 aromatic rings. The van der Waals surface area contributed by atoms with E-state index in [4.69, 9.17) is 14.2 Å². The van der Waals surface area contributed by atoms with E-state index in [2.05, 4.69) is 4.72 Å². The van der Waals surface area contributed by atoms with Crippen molar-refractivity contribution < 1.29 is 22.6 Å². The number of ether oxygens (including phenoxy) is 3. The fourth-order valence-corrected chi connectivity index (χ4v) is 4.30. The number of nitrogens with one attached hydrogen (secondary N) is 1. The predicted octanol–water partition coefficient (Wildman–Crippen LogP) is 2.44. The molecule has 6 nitrogen and oxygen atoms in total. The van der Waals surface area contributed by atoms with Crippen molar-refractivity contribution in [3.05, 3.63) is 24.3 Å². The highest BCUT2D eigenvalue weighted by atomic mass is 32.2. The van der Waals surface area contributed by atoms with E-state index < -0.39 is 15.8 Å². The van der Waals surface area contributed by atoms with Crippen LogP contribution in [-0.2, 0) is 19.5 Å². The van der Waals surface area contributed by atoms with Crippen molar-refractivity contribution in [2.75, 3.05) is 19.8 Å². The van der Waals surface area contributed by atoms with Gasteiger partial charge in [0.1, 0.15) is 5.75 Å². The monoisotopic (exact) mass is 355 g/mol. The fraction of sp³-hybridized carbons (Fsp3) is 0.647. The molecular weight excluding hydrogens is 330 g/mol. The molecule has 24 heavy (non-hydrogen) atoms. The van der Waals surface area contributed by atoms with Crippen LogP contribution in [0.15, 0.2) is 29.2 Å². The molecule has 1 heterocycles. The summed E-state index contributed by atoms with van der Waals surface area (Å²) in [5, 5.41) is 0. The molecule has 1 aliphatic carbocycles. The van der Waals surface area contributed by atoms with Crippen molar-refractivity contribution in [3.63, 3.8) is 0 Å². The van der Waals surface area contributed by atoms with Gasteiger partial charge in [-0.15, -0.1) is 0 Å². The van der Waals surface area contributed by atoms with Crippen molar-refractivity contribution in [2.45, 2.75) is 55.8 Å². The molecule has 1 saturated heterocycles. The molecule has 0 amide bonds. The molecule has 1 N–H and O–H groups in total. The van der Waals surface area contributed by atoms with E-state index in [1.54, 1.807) is 24.3 Å². The second kappa shape index (κ2) is 7.39. The van der Waals surface area contributed by atoms with Gasteiger partial charge in [-0.2, -0.15) is 0 Å². The van der Waals surface area contributed by atoms with Crippen LogP contribution in [0, 0.1) is 0 Å². The first-order valence-corrected chi connectivity index (χ1v) is 10.1. The van der Waals surface area contributed by atoms with Crippen LogP contribution in [0.3, 0.4) is 0 Å². The highest BCUT2D eigenvalue weighted by Gasteiger charge is 2.42. The van der Waals surface area contributed by atoms with E-state index in [-0.39, 0.29) is 17.5 Å². The number of rotatable bonds is 6. The third-order valence-corrected chi connectivity index (χ3v) is 5.91. The summed E-state index contributed by atoms with van der Waals surface area (Å²) in [7, 11) is -3.56. The molecule has 2 fully saturated rings. The van der Waals surface area contributed by atoms with Crippen LogP contribution in [-0.4, -0.2) is 40.1 Å². The average Bonchev–Trinajstić information content (AvgIpc) is 2.97. The van der Waals surface area contributed by atoms with Crippen LogP contribution in [0.4, 0.5) is 0 Å². The van der Waals surface area contributed by atoms with Crippen LogP contribution < -0.4 is 9.46 Å². The Morgan fingerprint density at radius 3 is 2.58 bits per heavy atom. The second-order valence-corrected chi connectivity index (χ2v) is 8.05. The topological polar surface area (TPSA) is 73.9 Å². The lowest BCUT2D eigenvalue weighted by atomic mass is 9.94. The molecule has 3 rings (SSSR count). The van der Waals surface area contributed by atoms with E-state index in [0.29, 0.717) is 19.0 Å². The molecule has 134 valence electrons. The molecule has 0 unspecified atom stereocenters. The molecule has 7 heteroatoms. The number of benzene rings is 1. The van der Waals surface area contributed by atoms with Crippen molar-refractivity contribution in [1.82, 2.24) is 4.72 Å². The highest BCUT2D eigenvalue weighted by Crippen LogP contribution is 2.37. The Kier molecular flexibility index (Phi) is 5.44. The minimum atomic E-state index is -3.56. The number of hydrogen-bond donors (Lipinski definition) is 1. The summed E-state index contributed by atoms with van der Waals surface area (Å²) in [6.07, 6.45) is 4.98. The maximum atomic E-state index is 12.4. The largest absolute Gasteiger partial charge is 0.494 e. The van der Waals surface area contributed by atoms with E-state index in [1.807, 2.05) is 6.92 Å². The fourth-order valence-electron chi connectivity index (χ4n) is 3.24. The number of hydrogen-bond acceptors (Lipinski definition) is 5. The molecule has 1 saturated carbocycles. The first kappa shape index (κ1) is 17.7. The van der Waals surface area contributed by atoms with Gasteiger partial charge in [-0.1, -0.05) is 6.42 Å². The molecule has 1 aliphatic heterocycles. The lowest BCUT2D eigenvalue weighted by molar-refractivity contribution is -0.186. The highest BCUT2D eigenvalue weighted by molar-refractivity contribution is 7.89. The summed E-state index contributed by atoms with van der Waals surface area (Å²) in [5.74, 6) is 0.177. The molecule has 1 aromatic carbocycles.